The van der Waals surface area contributed by atoms with Gasteiger partial charge < -0.3 is 10.2 Å². The monoisotopic (exact) mass is 343 g/mol. The standard InChI is InChI=1S/C23H22N2O/c26-23(24-22-8-2-1-3-9-22)20-12-10-18(11-13-20)16-25-15-14-19-6-4-5-7-21(19)17-25/h1-13H,14-17H2,(H,24,26)/p+1. The van der Waals surface area contributed by atoms with Gasteiger partial charge in [0.25, 0.3) is 5.91 Å². The summed E-state index contributed by atoms with van der Waals surface area (Å²) in [5.74, 6) is -0.0676. The molecule has 1 unspecified atom stereocenters. The van der Waals surface area contributed by atoms with E-state index in [1.165, 1.54) is 16.7 Å². The van der Waals surface area contributed by atoms with Crippen molar-refractivity contribution < 1.29 is 9.69 Å². The molecule has 130 valence electrons. The van der Waals surface area contributed by atoms with Gasteiger partial charge in [0, 0.05) is 28.8 Å². The molecule has 0 saturated carbocycles. The summed E-state index contributed by atoms with van der Waals surface area (Å²) in [5, 5.41) is 2.93. The fourth-order valence-corrected chi connectivity index (χ4v) is 3.58. The Kier molecular flexibility index (Phi) is 4.80. The zero-order valence-corrected chi connectivity index (χ0v) is 14.7. The molecule has 1 aliphatic rings. The Morgan fingerprint density at radius 1 is 0.846 bits per heavy atom. The summed E-state index contributed by atoms with van der Waals surface area (Å²) in [6.07, 6.45) is 1.14. The van der Waals surface area contributed by atoms with E-state index in [1.807, 2.05) is 42.5 Å². The van der Waals surface area contributed by atoms with Gasteiger partial charge in [-0.1, -0.05) is 54.6 Å². The van der Waals surface area contributed by atoms with Gasteiger partial charge in [0.1, 0.15) is 13.1 Å². The Balaban J connectivity index is 1.38. The normalized spacial score (nSPS) is 15.9. The number of hydrogen-bond acceptors (Lipinski definition) is 1. The van der Waals surface area contributed by atoms with E-state index in [0.29, 0.717) is 5.56 Å². The molecule has 1 aliphatic heterocycles. The highest BCUT2D eigenvalue weighted by atomic mass is 16.1. The summed E-state index contributed by atoms with van der Waals surface area (Å²) in [6, 6.07) is 26.3. The first-order chi connectivity index (χ1) is 12.8. The van der Waals surface area contributed by atoms with Crippen LogP contribution in [0.1, 0.15) is 27.0 Å². The number of anilines is 1. The highest BCUT2D eigenvalue weighted by Crippen LogP contribution is 2.12. The Morgan fingerprint density at radius 2 is 1.54 bits per heavy atom. The highest BCUT2D eigenvalue weighted by Gasteiger charge is 2.19. The topological polar surface area (TPSA) is 33.5 Å². The Hall–Kier alpha value is -2.91. The summed E-state index contributed by atoms with van der Waals surface area (Å²) < 4.78 is 0. The molecule has 3 aromatic rings. The minimum absolute atomic E-state index is 0.0676. The smallest absolute Gasteiger partial charge is 0.255 e. The average molecular weight is 343 g/mol. The molecule has 0 spiro atoms. The molecule has 0 aromatic heterocycles. The van der Waals surface area contributed by atoms with Crippen molar-refractivity contribution in [2.75, 3.05) is 11.9 Å². The molecule has 2 N–H and O–H groups in total. The van der Waals surface area contributed by atoms with Crippen LogP contribution >= 0.6 is 0 Å². The second-order valence-corrected chi connectivity index (χ2v) is 6.89. The van der Waals surface area contributed by atoms with Crippen LogP contribution in [0, 0.1) is 0 Å². The number of rotatable bonds is 4. The molecule has 4 rings (SSSR count). The van der Waals surface area contributed by atoms with Crippen molar-refractivity contribution in [1.29, 1.82) is 0 Å². The lowest BCUT2D eigenvalue weighted by Crippen LogP contribution is -3.10. The molecule has 0 fully saturated rings. The predicted octanol–water partition coefficient (Wildman–Crippen LogP) is 3.08. The van der Waals surface area contributed by atoms with E-state index >= 15 is 0 Å². The fraction of sp³-hybridized carbons (Fsp3) is 0.174. The zero-order chi connectivity index (χ0) is 17.8. The number of hydrogen-bond donors (Lipinski definition) is 2. The number of fused-ring (bicyclic) bond motifs is 1. The Bertz CT molecular complexity index is 888. The number of carbonyl (C=O) groups excluding carboxylic acids is 1. The SMILES string of the molecule is O=C(Nc1ccccc1)c1ccc(C[NH+]2CCc3ccccc3C2)cc1. The number of nitrogens with one attached hydrogen (secondary N) is 2. The molecular formula is C23H23N2O+. The molecule has 0 radical (unpaired) electrons. The van der Waals surface area contributed by atoms with Crippen molar-refractivity contribution in [3.05, 3.63) is 101 Å². The van der Waals surface area contributed by atoms with Crippen LogP contribution in [0.15, 0.2) is 78.9 Å². The third kappa shape index (κ3) is 3.84. The van der Waals surface area contributed by atoms with Crippen LogP contribution in [0.3, 0.4) is 0 Å². The summed E-state index contributed by atoms with van der Waals surface area (Å²) in [6.45, 7) is 3.23. The van der Waals surface area contributed by atoms with Gasteiger partial charge in [0.2, 0.25) is 0 Å². The number of amides is 1. The Labute approximate surface area is 154 Å². The van der Waals surface area contributed by atoms with E-state index in [0.717, 1.165) is 31.7 Å². The lowest BCUT2D eigenvalue weighted by atomic mass is 9.99. The van der Waals surface area contributed by atoms with E-state index in [1.54, 1.807) is 4.90 Å². The summed E-state index contributed by atoms with van der Waals surface area (Å²) in [7, 11) is 0. The molecule has 1 heterocycles. The summed E-state index contributed by atoms with van der Waals surface area (Å²) in [4.78, 5) is 13.9. The van der Waals surface area contributed by atoms with E-state index in [2.05, 4.69) is 41.7 Å². The molecule has 3 heteroatoms. The van der Waals surface area contributed by atoms with Gasteiger partial charge in [-0.05, 0) is 29.8 Å². The maximum atomic E-state index is 12.3. The minimum atomic E-state index is -0.0676. The van der Waals surface area contributed by atoms with Crippen LogP contribution in [0.5, 0.6) is 0 Å². The van der Waals surface area contributed by atoms with Crippen LogP contribution in [0.25, 0.3) is 0 Å². The van der Waals surface area contributed by atoms with Gasteiger partial charge in [-0.3, -0.25) is 4.79 Å². The minimum Gasteiger partial charge on any atom is -0.327 e. The van der Waals surface area contributed by atoms with Crippen LogP contribution in [0.2, 0.25) is 0 Å². The van der Waals surface area contributed by atoms with Crippen molar-refractivity contribution in [1.82, 2.24) is 0 Å². The van der Waals surface area contributed by atoms with Gasteiger partial charge in [-0.15, -0.1) is 0 Å². The fourth-order valence-electron chi connectivity index (χ4n) is 3.58. The molecule has 1 amide bonds. The molecule has 1 atom stereocenters. The number of quaternary nitrogens is 1. The summed E-state index contributed by atoms with van der Waals surface area (Å²) >= 11 is 0. The van der Waals surface area contributed by atoms with Crippen LogP contribution in [-0.2, 0) is 19.5 Å². The van der Waals surface area contributed by atoms with Gasteiger partial charge >= 0.3 is 0 Å². The lowest BCUT2D eigenvalue weighted by Gasteiger charge is -2.26. The molecule has 0 bridgehead atoms. The predicted molar refractivity (Wildman–Crippen MR) is 104 cm³/mol. The number of carbonyl (C=O) groups is 1. The molecule has 26 heavy (non-hydrogen) atoms. The van der Waals surface area contributed by atoms with Crippen LogP contribution in [-0.4, -0.2) is 12.5 Å². The van der Waals surface area contributed by atoms with Crippen LogP contribution < -0.4 is 10.2 Å². The first-order valence-corrected chi connectivity index (χ1v) is 9.13. The van der Waals surface area contributed by atoms with Crippen LogP contribution in [0.4, 0.5) is 5.69 Å². The molecule has 0 aliphatic carbocycles. The van der Waals surface area contributed by atoms with E-state index in [9.17, 15) is 4.79 Å². The van der Waals surface area contributed by atoms with Crippen molar-refractivity contribution in [2.45, 2.75) is 19.5 Å². The first-order valence-electron chi connectivity index (χ1n) is 9.13. The number of para-hydroxylation sites is 1. The first kappa shape index (κ1) is 16.6. The molecule has 3 aromatic carbocycles. The maximum absolute atomic E-state index is 12.3. The van der Waals surface area contributed by atoms with Crippen molar-refractivity contribution in [3.63, 3.8) is 0 Å². The molecule has 0 saturated heterocycles. The lowest BCUT2D eigenvalue weighted by molar-refractivity contribution is -0.929. The number of benzene rings is 3. The maximum Gasteiger partial charge on any atom is 0.255 e. The second kappa shape index (κ2) is 7.54. The van der Waals surface area contributed by atoms with E-state index < -0.39 is 0 Å². The van der Waals surface area contributed by atoms with E-state index in [-0.39, 0.29) is 5.91 Å². The molecule has 3 nitrogen and oxygen atoms in total. The summed E-state index contributed by atoms with van der Waals surface area (Å²) in [5.41, 5.74) is 5.74. The van der Waals surface area contributed by atoms with Gasteiger partial charge in [-0.25, -0.2) is 0 Å². The van der Waals surface area contributed by atoms with Crippen molar-refractivity contribution in [2.24, 2.45) is 0 Å². The van der Waals surface area contributed by atoms with Gasteiger partial charge in [0.15, 0.2) is 0 Å². The quantitative estimate of drug-likeness (QED) is 0.750. The average Bonchev–Trinajstić information content (AvgIpc) is 2.69. The zero-order valence-electron chi connectivity index (χ0n) is 14.7. The van der Waals surface area contributed by atoms with E-state index in [4.69, 9.17) is 0 Å². The second-order valence-electron chi connectivity index (χ2n) is 6.89. The largest absolute Gasteiger partial charge is 0.327 e. The van der Waals surface area contributed by atoms with Crippen molar-refractivity contribution >= 4 is 11.6 Å². The highest BCUT2D eigenvalue weighted by molar-refractivity contribution is 6.04. The van der Waals surface area contributed by atoms with Crippen molar-refractivity contribution in [3.8, 4) is 0 Å². The van der Waals surface area contributed by atoms with Gasteiger partial charge in [0.05, 0.1) is 6.54 Å². The van der Waals surface area contributed by atoms with Gasteiger partial charge in [-0.2, -0.15) is 0 Å². The third-order valence-electron chi connectivity index (χ3n) is 5.01. The Morgan fingerprint density at radius 3 is 2.31 bits per heavy atom. The molecular weight excluding hydrogens is 320 g/mol. The third-order valence-corrected chi connectivity index (χ3v) is 5.01.